The Hall–Kier alpha value is -1.03. The summed E-state index contributed by atoms with van der Waals surface area (Å²) in [5.41, 5.74) is 0.174. The number of halogens is 1. The summed E-state index contributed by atoms with van der Waals surface area (Å²) in [6.07, 6.45) is -0.194. The average Bonchev–Trinajstić information content (AvgIpc) is 2.08. The summed E-state index contributed by atoms with van der Waals surface area (Å²) in [5.74, 6) is -0.600. The molecule has 0 aliphatic rings. The van der Waals surface area contributed by atoms with Gasteiger partial charge in [-0.2, -0.15) is 0 Å². The van der Waals surface area contributed by atoms with Crippen LogP contribution in [0.2, 0.25) is 0 Å². The monoisotopic (exact) mass is 258 g/mol. The molecule has 0 saturated carbocycles. The molecule has 0 amide bonds. The first kappa shape index (κ1) is 11.0. The average molecular weight is 259 g/mol. The van der Waals surface area contributed by atoms with Gasteiger partial charge < -0.3 is 9.84 Å². The maximum Gasteiger partial charge on any atom is 0.342 e. The van der Waals surface area contributed by atoms with Crippen molar-refractivity contribution in [2.45, 2.75) is 20.0 Å². The van der Waals surface area contributed by atoms with Crippen molar-refractivity contribution >= 4 is 21.9 Å². The van der Waals surface area contributed by atoms with E-state index < -0.39 is 5.97 Å². The predicted molar refractivity (Wildman–Crippen MR) is 56.4 cm³/mol. The van der Waals surface area contributed by atoms with Gasteiger partial charge in [0.25, 0.3) is 0 Å². The number of rotatable bonds is 2. The Labute approximate surface area is 90.8 Å². The van der Waals surface area contributed by atoms with Gasteiger partial charge in [0.2, 0.25) is 0 Å². The Morgan fingerprint density at radius 2 is 2.14 bits per heavy atom. The zero-order valence-electron chi connectivity index (χ0n) is 7.95. The molecular formula is C10H11BrO3. The normalized spacial score (nSPS) is 10.3. The van der Waals surface area contributed by atoms with E-state index in [0.717, 1.165) is 0 Å². The second-order valence-corrected chi connectivity index (χ2v) is 3.94. The molecule has 0 aliphatic heterocycles. The number of aromatic hydroxyl groups is 1. The minimum Gasteiger partial charge on any atom is -0.506 e. The number of phenols is 1. The van der Waals surface area contributed by atoms with Crippen LogP contribution in [0, 0.1) is 0 Å². The van der Waals surface area contributed by atoms with Crippen molar-refractivity contribution in [2.75, 3.05) is 0 Å². The molecule has 3 nitrogen and oxygen atoms in total. The number of carbonyl (C=O) groups is 1. The zero-order valence-corrected chi connectivity index (χ0v) is 9.54. The maximum atomic E-state index is 11.4. The number of esters is 1. The van der Waals surface area contributed by atoms with Crippen LogP contribution in [0.5, 0.6) is 5.75 Å². The van der Waals surface area contributed by atoms with Gasteiger partial charge in [0.15, 0.2) is 0 Å². The molecule has 0 bridgehead atoms. The molecule has 14 heavy (non-hydrogen) atoms. The van der Waals surface area contributed by atoms with Crippen LogP contribution in [0.1, 0.15) is 24.2 Å². The highest BCUT2D eigenvalue weighted by atomic mass is 79.9. The Kier molecular flexibility index (Phi) is 3.52. The minimum atomic E-state index is -0.515. The number of hydrogen-bond acceptors (Lipinski definition) is 3. The van der Waals surface area contributed by atoms with Gasteiger partial charge in [0.1, 0.15) is 11.3 Å². The van der Waals surface area contributed by atoms with Gasteiger partial charge in [-0.05, 0) is 41.9 Å². The smallest absolute Gasteiger partial charge is 0.342 e. The summed E-state index contributed by atoms with van der Waals surface area (Å²) in [6, 6.07) is 4.84. The Morgan fingerprint density at radius 3 is 2.71 bits per heavy atom. The lowest BCUT2D eigenvalue weighted by Crippen LogP contribution is -2.11. The predicted octanol–water partition coefficient (Wildman–Crippen LogP) is 2.72. The highest BCUT2D eigenvalue weighted by Gasteiger charge is 2.15. The lowest BCUT2D eigenvalue weighted by atomic mass is 10.2. The minimum absolute atomic E-state index is 0.0850. The van der Waals surface area contributed by atoms with Crippen molar-refractivity contribution < 1.29 is 14.6 Å². The topological polar surface area (TPSA) is 46.5 Å². The van der Waals surface area contributed by atoms with E-state index in [1.807, 2.05) is 0 Å². The summed E-state index contributed by atoms with van der Waals surface area (Å²) in [7, 11) is 0. The summed E-state index contributed by atoms with van der Waals surface area (Å²) >= 11 is 3.12. The van der Waals surface area contributed by atoms with E-state index >= 15 is 0 Å². The molecule has 0 fully saturated rings. The van der Waals surface area contributed by atoms with Crippen molar-refractivity contribution in [3.05, 3.63) is 28.2 Å². The Balaban J connectivity index is 2.96. The van der Waals surface area contributed by atoms with Crippen LogP contribution in [0.25, 0.3) is 0 Å². The van der Waals surface area contributed by atoms with Gasteiger partial charge in [-0.25, -0.2) is 4.79 Å². The molecule has 0 heterocycles. The van der Waals surface area contributed by atoms with E-state index in [1.54, 1.807) is 26.0 Å². The second kappa shape index (κ2) is 4.46. The summed E-state index contributed by atoms with van der Waals surface area (Å²) in [5, 5.41) is 9.53. The number of hydrogen-bond donors (Lipinski definition) is 1. The number of phenolic OH excluding ortho intramolecular Hbond substituents is 1. The zero-order chi connectivity index (χ0) is 10.7. The lowest BCUT2D eigenvalue weighted by molar-refractivity contribution is 0.0374. The second-order valence-electron chi connectivity index (χ2n) is 3.09. The number of benzene rings is 1. The standard InChI is InChI=1S/C10H11BrO3/c1-6(2)14-10(13)7-4-3-5-8(11)9(7)12/h3-6,12H,1-2H3. The summed E-state index contributed by atoms with van der Waals surface area (Å²) in [6.45, 7) is 3.51. The molecule has 0 saturated heterocycles. The first-order valence-electron chi connectivity index (χ1n) is 4.21. The summed E-state index contributed by atoms with van der Waals surface area (Å²) < 4.78 is 5.43. The van der Waals surface area contributed by atoms with Gasteiger partial charge in [-0.15, -0.1) is 0 Å². The molecule has 1 aromatic rings. The van der Waals surface area contributed by atoms with Gasteiger partial charge in [-0.1, -0.05) is 6.07 Å². The maximum absolute atomic E-state index is 11.4. The fourth-order valence-corrected chi connectivity index (χ4v) is 1.32. The van der Waals surface area contributed by atoms with E-state index in [1.165, 1.54) is 6.07 Å². The highest BCUT2D eigenvalue weighted by Crippen LogP contribution is 2.27. The van der Waals surface area contributed by atoms with E-state index in [2.05, 4.69) is 15.9 Å². The number of carbonyl (C=O) groups excluding carboxylic acids is 1. The molecule has 0 unspecified atom stereocenters. The van der Waals surface area contributed by atoms with Gasteiger partial charge in [0.05, 0.1) is 10.6 Å². The lowest BCUT2D eigenvalue weighted by Gasteiger charge is -2.09. The molecular weight excluding hydrogens is 248 g/mol. The Morgan fingerprint density at radius 1 is 1.50 bits per heavy atom. The van der Waals surface area contributed by atoms with Crippen LogP contribution >= 0.6 is 15.9 Å². The van der Waals surface area contributed by atoms with Crippen LogP contribution in [-0.4, -0.2) is 17.2 Å². The van der Waals surface area contributed by atoms with Crippen molar-refractivity contribution in [1.82, 2.24) is 0 Å². The first-order chi connectivity index (χ1) is 6.52. The van der Waals surface area contributed by atoms with E-state index in [4.69, 9.17) is 4.74 Å². The first-order valence-corrected chi connectivity index (χ1v) is 5.00. The van der Waals surface area contributed by atoms with Crippen LogP contribution < -0.4 is 0 Å². The van der Waals surface area contributed by atoms with Crippen LogP contribution in [-0.2, 0) is 4.74 Å². The summed E-state index contributed by atoms with van der Waals surface area (Å²) in [4.78, 5) is 11.4. The quantitative estimate of drug-likeness (QED) is 0.830. The van der Waals surface area contributed by atoms with Crippen molar-refractivity contribution in [3.63, 3.8) is 0 Å². The van der Waals surface area contributed by atoms with Crippen molar-refractivity contribution in [2.24, 2.45) is 0 Å². The van der Waals surface area contributed by atoms with Gasteiger partial charge in [0, 0.05) is 0 Å². The van der Waals surface area contributed by atoms with E-state index in [9.17, 15) is 9.90 Å². The van der Waals surface area contributed by atoms with E-state index in [-0.39, 0.29) is 17.4 Å². The third kappa shape index (κ3) is 2.48. The third-order valence-corrected chi connectivity index (χ3v) is 2.19. The molecule has 0 atom stereocenters. The molecule has 0 radical (unpaired) electrons. The van der Waals surface area contributed by atoms with E-state index in [0.29, 0.717) is 4.47 Å². The highest BCUT2D eigenvalue weighted by molar-refractivity contribution is 9.10. The molecule has 76 valence electrons. The fraction of sp³-hybridized carbons (Fsp3) is 0.300. The molecule has 1 rings (SSSR count). The van der Waals surface area contributed by atoms with Crippen LogP contribution in [0.3, 0.4) is 0 Å². The third-order valence-electron chi connectivity index (χ3n) is 1.55. The molecule has 1 aromatic carbocycles. The Bertz CT molecular complexity index is 347. The molecule has 4 heteroatoms. The van der Waals surface area contributed by atoms with Crippen LogP contribution in [0.4, 0.5) is 0 Å². The van der Waals surface area contributed by atoms with Gasteiger partial charge in [-0.3, -0.25) is 0 Å². The molecule has 0 aliphatic carbocycles. The number of ether oxygens (including phenoxy) is 1. The fourth-order valence-electron chi connectivity index (χ4n) is 0.958. The van der Waals surface area contributed by atoms with Crippen LogP contribution in [0.15, 0.2) is 22.7 Å². The van der Waals surface area contributed by atoms with Crippen molar-refractivity contribution in [1.29, 1.82) is 0 Å². The van der Waals surface area contributed by atoms with Crippen molar-refractivity contribution in [3.8, 4) is 5.75 Å². The number of para-hydroxylation sites is 1. The molecule has 0 spiro atoms. The SMILES string of the molecule is CC(C)OC(=O)c1cccc(Br)c1O. The molecule has 1 N–H and O–H groups in total. The largest absolute Gasteiger partial charge is 0.506 e. The van der Waals surface area contributed by atoms with Gasteiger partial charge >= 0.3 is 5.97 Å². The molecule has 0 aromatic heterocycles.